The Hall–Kier alpha value is -1.31. The molecule has 0 aromatic heterocycles. The van der Waals surface area contributed by atoms with Crippen LogP contribution in [-0.2, 0) is 4.79 Å². The molecule has 0 radical (unpaired) electrons. The summed E-state index contributed by atoms with van der Waals surface area (Å²) < 4.78 is 0. The third-order valence-electron chi connectivity index (χ3n) is 1.99. The maximum atomic E-state index is 11.6. The molecule has 2 nitrogen and oxygen atoms in total. The van der Waals surface area contributed by atoms with E-state index >= 15 is 0 Å². The molecule has 2 heteroatoms. The summed E-state index contributed by atoms with van der Waals surface area (Å²) in [4.78, 5) is 11.6. The summed E-state index contributed by atoms with van der Waals surface area (Å²) in [6, 6.07) is 7.84. The first-order valence-corrected chi connectivity index (χ1v) is 6.23. The standard InChI is InChI=1S/C13H19NO.C2H6/c1-10-6-5-7-11(8-10)14-12(15)9-13(2,3)4;1-2/h5-8H,9H2,1-4H3,(H,14,15);1-2H3. The number of aryl methyl sites for hydroxylation is 1. The van der Waals surface area contributed by atoms with Crippen molar-refractivity contribution in [3.8, 4) is 0 Å². The van der Waals surface area contributed by atoms with Crippen LogP contribution in [-0.4, -0.2) is 5.91 Å². The van der Waals surface area contributed by atoms with E-state index in [1.165, 1.54) is 0 Å². The number of benzene rings is 1. The van der Waals surface area contributed by atoms with Crippen molar-refractivity contribution in [3.63, 3.8) is 0 Å². The maximum Gasteiger partial charge on any atom is 0.224 e. The van der Waals surface area contributed by atoms with Crippen LogP contribution in [0.25, 0.3) is 0 Å². The van der Waals surface area contributed by atoms with Gasteiger partial charge in [-0.15, -0.1) is 0 Å². The van der Waals surface area contributed by atoms with Crippen molar-refractivity contribution in [2.24, 2.45) is 5.41 Å². The number of nitrogens with one attached hydrogen (secondary N) is 1. The van der Waals surface area contributed by atoms with Gasteiger partial charge in [0.1, 0.15) is 0 Å². The number of carbonyl (C=O) groups excluding carboxylic acids is 1. The number of amides is 1. The van der Waals surface area contributed by atoms with E-state index in [9.17, 15) is 4.79 Å². The van der Waals surface area contributed by atoms with E-state index in [0.29, 0.717) is 6.42 Å². The minimum absolute atomic E-state index is 0.0356. The Labute approximate surface area is 105 Å². The Morgan fingerprint density at radius 3 is 2.29 bits per heavy atom. The van der Waals surface area contributed by atoms with Crippen LogP contribution in [0.4, 0.5) is 5.69 Å². The fourth-order valence-electron chi connectivity index (χ4n) is 1.41. The quantitative estimate of drug-likeness (QED) is 0.809. The van der Waals surface area contributed by atoms with Gasteiger partial charge < -0.3 is 5.32 Å². The Morgan fingerprint density at radius 2 is 1.82 bits per heavy atom. The number of hydrogen-bond donors (Lipinski definition) is 1. The van der Waals surface area contributed by atoms with Gasteiger partial charge in [-0.05, 0) is 30.0 Å². The fourth-order valence-corrected chi connectivity index (χ4v) is 1.41. The topological polar surface area (TPSA) is 29.1 Å². The van der Waals surface area contributed by atoms with E-state index in [-0.39, 0.29) is 11.3 Å². The molecule has 17 heavy (non-hydrogen) atoms. The predicted octanol–water partition coefficient (Wildman–Crippen LogP) is 4.40. The second-order valence-electron chi connectivity index (χ2n) is 5.16. The van der Waals surface area contributed by atoms with Gasteiger partial charge in [0, 0.05) is 12.1 Å². The van der Waals surface area contributed by atoms with Gasteiger partial charge >= 0.3 is 0 Å². The number of hydrogen-bond acceptors (Lipinski definition) is 1. The first-order chi connectivity index (χ1) is 7.87. The Morgan fingerprint density at radius 1 is 1.24 bits per heavy atom. The van der Waals surface area contributed by atoms with Crippen molar-refractivity contribution in [2.45, 2.75) is 48.0 Å². The Balaban J connectivity index is 0.00000121. The van der Waals surface area contributed by atoms with Crippen molar-refractivity contribution in [2.75, 3.05) is 5.32 Å². The van der Waals surface area contributed by atoms with Gasteiger partial charge in [-0.25, -0.2) is 0 Å². The molecule has 1 N–H and O–H groups in total. The van der Waals surface area contributed by atoms with Crippen molar-refractivity contribution in [1.82, 2.24) is 0 Å². The highest BCUT2D eigenvalue weighted by Gasteiger charge is 2.15. The minimum Gasteiger partial charge on any atom is -0.326 e. The zero-order chi connectivity index (χ0) is 13.5. The van der Waals surface area contributed by atoms with Crippen molar-refractivity contribution < 1.29 is 4.79 Å². The van der Waals surface area contributed by atoms with Gasteiger partial charge in [0.05, 0.1) is 0 Å². The first kappa shape index (κ1) is 15.7. The van der Waals surface area contributed by atoms with E-state index < -0.39 is 0 Å². The molecule has 1 rings (SSSR count). The summed E-state index contributed by atoms with van der Waals surface area (Å²) in [7, 11) is 0. The van der Waals surface area contributed by atoms with Crippen LogP contribution < -0.4 is 5.32 Å². The second kappa shape index (κ2) is 7.10. The molecule has 0 aliphatic carbocycles. The molecule has 0 atom stereocenters. The minimum atomic E-state index is 0.0356. The summed E-state index contributed by atoms with van der Waals surface area (Å²) in [5.41, 5.74) is 2.07. The molecule has 0 spiro atoms. The lowest BCUT2D eigenvalue weighted by atomic mass is 9.92. The molecule has 1 aromatic carbocycles. The molecular formula is C15H25NO. The van der Waals surface area contributed by atoms with Crippen molar-refractivity contribution in [3.05, 3.63) is 29.8 Å². The summed E-state index contributed by atoms with van der Waals surface area (Å²) in [5.74, 6) is 0.0769. The van der Waals surface area contributed by atoms with E-state index in [0.717, 1.165) is 11.3 Å². The average molecular weight is 235 g/mol. The summed E-state index contributed by atoms with van der Waals surface area (Å²) in [6.07, 6.45) is 0.543. The Kier molecular flexibility index (Phi) is 6.55. The first-order valence-electron chi connectivity index (χ1n) is 6.23. The molecule has 0 fully saturated rings. The van der Waals surface area contributed by atoms with Gasteiger partial charge in [0.15, 0.2) is 0 Å². The summed E-state index contributed by atoms with van der Waals surface area (Å²) >= 11 is 0. The van der Waals surface area contributed by atoms with E-state index in [4.69, 9.17) is 0 Å². The number of rotatable bonds is 2. The van der Waals surface area contributed by atoms with Crippen LogP contribution in [0.1, 0.15) is 46.6 Å². The number of carbonyl (C=O) groups is 1. The SMILES string of the molecule is CC.Cc1cccc(NC(=O)CC(C)(C)C)c1. The lowest BCUT2D eigenvalue weighted by Crippen LogP contribution is -2.19. The third-order valence-corrected chi connectivity index (χ3v) is 1.99. The van der Waals surface area contributed by atoms with Crippen LogP contribution in [0, 0.1) is 12.3 Å². The highest BCUT2D eigenvalue weighted by Crippen LogP contribution is 2.19. The molecular weight excluding hydrogens is 210 g/mol. The van der Waals surface area contributed by atoms with E-state index in [1.54, 1.807) is 0 Å². The van der Waals surface area contributed by atoms with Gasteiger partial charge in [-0.2, -0.15) is 0 Å². The normalized spacial score (nSPS) is 10.2. The largest absolute Gasteiger partial charge is 0.326 e. The lowest BCUT2D eigenvalue weighted by molar-refractivity contribution is -0.117. The predicted molar refractivity (Wildman–Crippen MR) is 75.2 cm³/mol. The summed E-state index contributed by atoms with van der Waals surface area (Å²) in [6.45, 7) is 12.2. The van der Waals surface area contributed by atoms with Crippen molar-refractivity contribution >= 4 is 11.6 Å². The monoisotopic (exact) mass is 235 g/mol. The lowest BCUT2D eigenvalue weighted by Gasteiger charge is -2.17. The zero-order valence-electron chi connectivity index (χ0n) is 11.9. The van der Waals surface area contributed by atoms with E-state index in [1.807, 2.05) is 45.0 Å². The van der Waals surface area contributed by atoms with Crippen LogP contribution in [0.2, 0.25) is 0 Å². The van der Waals surface area contributed by atoms with E-state index in [2.05, 4.69) is 26.1 Å². The molecule has 0 heterocycles. The van der Waals surface area contributed by atoms with Gasteiger partial charge in [0.2, 0.25) is 5.91 Å². The maximum absolute atomic E-state index is 11.6. The molecule has 0 aliphatic heterocycles. The van der Waals surface area contributed by atoms with Crippen LogP contribution in [0.15, 0.2) is 24.3 Å². The van der Waals surface area contributed by atoms with Gasteiger partial charge in [-0.1, -0.05) is 46.8 Å². The highest BCUT2D eigenvalue weighted by atomic mass is 16.1. The van der Waals surface area contributed by atoms with Crippen molar-refractivity contribution in [1.29, 1.82) is 0 Å². The molecule has 1 amide bonds. The molecule has 0 saturated carbocycles. The average Bonchev–Trinajstić information content (AvgIpc) is 2.17. The number of anilines is 1. The molecule has 0 aliphatic rings. The Bertz CT molecular complexity index is 350. The second-order valence-corrected chi connectivity index (χ2v) is 5.16. The smallest absolute Gasteiger partial charge is 0.224 e. The molecule has 0 bridgehead atoms. The van der Waals surface area contributed by atoms with Gasteiger partial charge in [0.25, 0.3) is 0 Å². The van der Waals surface area contributed by atoms with Crippen LogP contribution in [0.5, 0.6) is 0 Å². The molecule has 1 aromatic rings. The summed E-state index contributed by atoms with van der Waals surface area (Å²) in [5, 5.41) is 2.90. The third kappa shape index (κ3) is 7.56. The highest BCUT2D eigenvalue weighted by molar-refractivity contribution is 5.91. The molecule has 0 unspecified atom stereocenters. The fraction of sp³-hybridized carbons (Fsp3) is 0.533. The molecule has 0 saturated heterocycles. The molecule has 96 valence electrons. The van der Waals surface area contributed by atoms with Gasteiger partial charge in [-0.3, -0.25) is 4.79 Å². The zero-order valence-corrected chi connectivity index (χ0v) is 11.9. The van der Waals surface area contributed by atoms with Crippen LogP contribution >= 0.6 is 0 Å². The van der Waals surface area contributed by atoms with Crippen LogP contribution in [0.3, 0.4) is 0 Å².